The third kappa shape index (κ3) is 8.02. The Morgan fingerprint density at radius 2 is 1.77 bits per heavy atom. The number of ether oxygens (including phenoxy) is 1. The van der Waals surface area contributed by atoms with Gasteiger partial charge in [0.2, 0.25) is 23.6 Å². The van der Waals surface area contributed by atoms with E-state index in [1.165, 1.54) is 4.90 Å². The highest BCUT2D eigenvalue weighted by atomic mass is 19.3. The second-order valence-electron chi connectivity index (χ2n) is 14.9. The average Bonchev–Trinajstić information content (AvgIpc) is 3.39. The SMILES string of the molecule is C[C@@H](CN(C(=O)O)C(C)(C)C)C(=O)N[C@H](C(=O)N1C[C@H]2C[C@@H](O)CN2C[C@H]1C(=O)N[C@@H]1CCOc2ccccc21)C1CCC(F)(F)CC1. The fourth-order valence-electron chi connectivity index (χ4n) is 7.52. The van der Waals surface area contributed by atoms with Gasteiger partial charge in [0.25, 0.3) is 0 Å². The Morgan fingerprint density at radius 1 is 1.08 bits per heavy atom. The predicted octanol–water partition coefficient (Wildman–Crippen LogP) is 3.00. The van der Waals surface area contributed by atoms with Crippen molar-refractivity contribution in [1.82, 2.24) is 25.3 Å². The van der Waals surface area contributed by atoms with E-state index >= 15 is 0 Å². The zero-order valence-electron chi connectivity index (χ0n) is 28.2. The fourth-order valence-corrected chi connectivity index (χ4v) is 7.52. The maximum atomic E-state index is 14.6. The molecule has 1 saturated carbocycles. The number of hydrogen-bond donors (Lipinski definition) is 4. The van der Waals surface area contributed by atoms with Crippen LogP contribution >= 0.6 is 0 Å². The molecule has 0 aromatic heterocycles. The number of piperazine rings is 1. The number of para-hydroxylation sites is 1. The van der Waals surface area contributed by atoms with E-state index in [2.05, 4.69) is 10.6 Å². The van der Waals surface area contributed by atoms with Crippen LogP contribution in [0.2, 0.25) is 0 Å². The monoisotopic (exact) mass is 677 g/mol. The second-order valence-corrected chi connectivity index (χ2v) is 14.9. The molecule has 6 atom stereocenters. The third-order valence-electron chi connectivity index (χ3n) is 10.3. The molecule has 3 fully saturated rings. The Balaban J connectivity index is 1.40. The number of carbonyl (C=O) groups excluding carboxylic acids is 3. The Bertz CT molecular complexity index is 1360. The van der Waals surface area contributed by atoms with Crippen LogP contribution in [0.15, 0.2) is 24.3 Å². The van der Waals surface area contributed by atoms with E-state index in [9.17, 15) is 38.2 Å². The average molecular weight is 678 g/mol. The standard InChI is InChI=1S/C34H49F2N5O7/c1-20(16-41(32(46)47)33(2,3)4)29(43)38-28(21-9-12-34(35,36)13-10-21)31(45)40-17-22-15-23(42)18-39(22)19-26(40)30(44)37-25-11-14-48-27-8-6-5-7-24(25)27/h5-8,20-23,25-26,28,42H,9-19H2,1-4H3,(H,37,44)(H,38,43)(H,46,47)/t20-,22+,23+,25+,26-,28-/m0/s1. The summed E-state index contributed by atoms with van der Waals surface area (Å²) in [5.41, 5.74) is 0.0370. The molecule has 0 bridgehead atoms. The number of carboxylic acid groups (broad SMARTS) is 1. The van der Waals surface area contributed by atoms with Crippen molar-refractivity contribution in [3.05, 3.63) is 29.8 Å². The summed E-state index contributed by atoms with van der Waals surface area (Å²) in [6, 6.07) is 4.71. The first-order valence-electron chi connectivity index (χ1n) is 17.0. The van der Waals surface area contributed by atoms with Crippen LogP contribution in [0, 0.1) is 11.8 Å². The molecule has 5 rings (SSSR count). The van der Waals surface area contributed by atoms with E-state index in [0.717, 1.165) is 10.5 Å². The zero-order chi connectivity index (χ0) is 35.0. The van der Waals surface area contributed by atoms with Crippen molar-refractivity contribution in [1.29, 1.82) is 0 Å². The number of aliphatic hydroxyl groups is 1. The molecule has 1 aliphatic carbocycles. The zero-order valence-corrected chi connectivity index (χ0v) is 28.2. The lowest BCUT2D eigenvalue weighted by Crippen LogP contribution is -2.66. The van der Waals surface area contributed by atoms with Gasteiger partial charge in [-0.25, -0.2) is 13.6 Å². The fraction of sp³-hybridized carbons (Fsp3) is 0.706. The van der Waals surface area contributed by atoms with Crippen LogP contribution in [0.5, 0.6) is 5.75 Å². The van der Waals surface area contributed by atoms with Crippen LogP contribution in [0.25, 0.3) is 0 Å². The number of amides is 4. The van der Waals surface area contributed by atoms with Crippen molar-refractivity contribution in [2.45, 2.75) is 108 Å². The number of alkyl halides is 2. The summed E-state index contributed by atoms with van der Waals surface area (Å²) in [6.45, 7) is 7.63. The van der Waals surface area contributed by atoms with Gasteiger partial charge < -0.3 is 35.4 Å². The van der Waals surface area contributed by atoms with Crippen molar-refractivity contribution in [3.63, 3.8) is 0 Å². The third-order valence-corrected chi connectivity index (χ3v) is 10.3. The van der Waals surface area contributed by atoms with Crippen molar-refractivity contribution < 1.29 is 42.9 Å². The van der Waals surface area contributed by atoms with Gasteiger partial charge >= 0.3 is 6.09 Å². The molecule has 14 heteroatoms. The van der Waals surface area contributed by atoms with Crippen LogP contribution in [0.3, 0.4) is 0 Å². The summed E-state index contributed by atoms with van der Waals surface area (Å²) in [7, 11) is 0. The number of fused-ring (bicyclic) bond motifs is 2. The summed E-state index contributed by atoms with van der Waals surface area (Å²) >= 11 is 0. The summed E-state index contributed by atoms with van der Waals surface area (Å²) in [6.07, 6.45) is -1.73. The highest BCUT2D eigenvalue weighted by Crippen LogP contribution is 2.39. The van der Waals surface area contributed by atoms with Crippen molar-refractivity contribution in [2.75, 3.05) is 32.8 Å². The van der Waals surface area contributed by atoms with E-state index in [4.69, 9.17) is 4.74 Å². The summed E-state index contributed by atoms with van der Waals surface area (Å²) < 4.78 is 34.3. The number of hydrogen-bond acceptors (Lipinski definition) is 7. The molecule has 0 spiro atoms. The first-order valence-corrected chi connectivity index (χ1v) is 17.0. The van der Waals surface area contributed by atoms with Gasteiger partial charge in [-0.3, -0.25) is 19.3 Å². The van der Waals surface area contributed by atoms with Crippen LogP contribution in [0.4, 0.5) is 13.6 Å². The summed E-state index contributed by atoms with van der Waals surface area (Å²) in [5, 5.41) is 26.2. The molecule has 12 nitrogen and oxygen atoms in total. The Labute approximate surface area is 280 Å². The van der Waals surface area contributed by atoms with Gasteiger partial charge in [0, 0.05) is 62.6 Å². The van der Waals surface area contributed by atoms with Gasteiger partial charge in [-0.2, -0.15) is 0 Å². The first kappa shape index (κ1) is 35.8. The van der Waals surface area contributed by atoms with Gasteiger partial charge in [0.15, 0.2) is 0 Å². The molecule has 1 aromatic carbocycles. The quantitative estimate of drug-likeness (QED) is 0.328. The molecule has 48 heavy (non-hydrogen) atoms. The Hall–Kier alpha value is -3.52. The molecule has 266 valence electrons. The lowest BCUT2D eigenvalue weighted by atomic mass is 9.81. The molecule has 0 radical (unpaired) electrons. The number of carbonyl (C=O) groups is 4. The van der Waals surface area contributed by atoms with Gasteiger partial charge in [0.05, 0.1) is 24.7 Å². The maximum Gasteiger partial charge on any atom is 0.407 e. The largest absolute Gasteiger partial charge is 0.493 e. The van der Waals surface area contributed by atoms with Crippen molar-refractivity contribution in [3.8, 4) is 5.75 Å². The lowest BCUT2D eigenvalue weighted by Gasteiger charge is -2.45. The predicted molar refractivity (Wildman–Crippen MR) is 171 cm³/mol. The highest BCUT2D eigenvalue weighted by molar-refractivity contribution is 5.93. The Kier molecular flexibility index (Phi) is 10.5. The minimum absolute atomic E-state index is 0.000855. The van der Waals surface area contributed by atoms with Gasteiger partial charge in [-0.15, -0.1) is 0 Å². The minimum Gasteiger partial charge on any atom is -0.493 e. The van der Waals surface area contributed by atoms with Gasteiger partial charge in [0.1, 0.15) is 17.8 Å². The lowest BCUT2D eigenvalue weighted by molar-refractivity contribution is -0.150. The number of nitrogens with zero attached hydrogens (tertiary/aromatic N) is 3. The molecule has 4 aliphatic rings. The molecule has 4 N–H and O–H groups in total. The summed E-state index contributed by atoms with van der Waals surface area (Å²) in [5.74, 6) is -5.15. The number of rotatable bonds is 8. The summed E-state index contributed by atoms with van der Waals surface area (Å²) in [4.78, 5) is 58.9. The van der Waals surface area contributed by atoms with Gasteiger partial charge in [-0.1, -0.05) is 25.1 Å². The molecule has 2 saturated heterocycles. The number of aliphatic hydroxyl groups excluding tert-OH is 1. The molecule has 1 aromatic rings. The van der Waals surface area contributed by atoms with Gasteiger partial charge in [-0.05, 0) is 52.0 Å². The molecule has 4 amide bonds. The smallest absolute Gasteiger partial charge is 0.407 e. The molecular formula is C34H49F2N5O7. The number of nitrogens with one attached hydrogen (secondary N) is 2. The van der Waals surface area contributed by atoms with Crippen molar-refractivity contribution in [2.24, 2.45) is 11.8 Å². The second kappa shape index (κ2) is 14.1. The highest BCUT2D eigenvalue weighted by Gasteiger charge is 2.48. The molecule has 0 unspecified atom stereocenters. The molecule has 3 aliphatic heterocycles. The van der Waals surface area contributed by atoms with E-state index in [1.807, 2.05) is 29.2 Å². The normalized spacial score (nSPS) is 27.1. The minimum atomic E-state index is -2.87. The van der Waals surface area contributed by atoms with E-state index in [0.29, 0.717) is 31.7 Å². The van der Waals surface area contributed by atoms with E-state index in [1.54, 1.807) is 27.7 Å². The maximum absolute atomic E-state index is 14.6. The van der Waals surface area contributed by atoms with Crippen LogP contribution < -0.4 is 15.4 Å². The van der Waals surface area contributed by atoms with Crippen LogP contribution in [-0.2, 0) is 14.4 Å². The number of benzene rings is 1. The van der Waals surface area contributed by atoms with E-state index in [-0.39, 0.29) is 50.5 Å². The Morgan fingerprint density at radius 3 is 2.44 bits per heavy atom. The topological polar surface area (TPSA) is 152 Å². The van der Waals surface area contributed by atoms with Crippen LogP contribution in [0.1, 0.15) is 77.8 Å². The van der Waals surface area contributed by atoms with Crippen LogP contribution in [-0.4, -0.2) is 117 Å². The first-order chi connectivity index (χ1) is 22.5. The molecule has 3 heterocycles. The number of halogens is 2. The molecular weight excluding hydrogens is 628 g/mol. The van der Waals surface area contributed by atoms with Crippen molar-refractivity contribution >= 4 is 23.8 Å². The van der Waals surface area contributed by atoms with E-state index < -0.39 is 72.2 Å².